The maximum Gasteiger partial charge on any atom is 0.249 e. The van der Waals surface area contributed by atoms with Crippen LogP contribution in [-0.4, -0.2) is 66.3 Å². The third kappa shape index (κ3) is 3.89. The molecule has 0 aromatic heterocycles. The van der Waals surface area contributed by atoms with Gasteiger partial charge in [-0.15, -0.1) is 0 Å². The number of aliphatic hydroxyl groups excluding tert-OH is 1. The molecular weight excluding hydrogens is 316 g/mol. The second-order valence-electron chi connectivity index (χ2n) is 8.01. The van der Waals surface area contributed by atoms with Gasteiger partial charge >= 0.3 is 0 Å². The van der Waals surface area contributed by atoms with Crippen molar-refractivity contribution < 1.29 is 14.6 Å². The first-order valence-corrected chi connectivity index (χ1v) is 9.17. The van der Waals surface area contributed by atoms with Crippen molar-refractivity contribution in [2.24, 2.45) is 5.41 Å². The van der Waals surface area contributed by atoms with Crippen molar-refractivity contribution in [3.63, 3.8) is 0 Å². The highest BCUT2D eigenvalue weighted by molar-refractivity contribution is 5.78. The van der Waals surface area contributed by atoms with Crippen molar-refractivity contribution in [3.05, 3.63) is 35.9 Å². The number of aliphatic hydroxyl groups is 1. The van der Waals surface area contributed by atoms with E-state index in [-0.39, 0.29) is 24.5 Å². The van der Waals surface area contributed by atoms with Gasteiger partial charge in [-0.1, -0.05) is 30.3 Å². The van der Waals surface area contributed by atoms with Gasteiger partial charge in [0, 0.05) is 20.2 Å². The van der Waals surface area contributed by atoms with E-state index in [2.05, 4.69) is 35.2 Å². The lowest BCUT2D eigenvalue weighted by atomic mass is 9.74. The maximum atomic E-state index is 12.4. The molecule has 2 fully saturated rings. The molecule has 0 unspecified atom stereocenters. The molecule has 0 radical (unpaired) electrons. The van der Waals surface area contributed by atoms with Crippen LogP contribution in [0.2, 0.25) is 0 Å². The number of ether oxygens (including phenoxy) is 1. The Hall–Kier alpha value is -1.43. The number of carbonyl (C=O) groups is 1. The van der Waals surface area contributed by atoms with Crippen molar-refractivity contribution in [2.45, 2.75) is 38.3 Å². The minimum Gasteiger partial charge on any atom is -0.394 e. The van der Waals surface area contributed by atoms with E-state index in [9.17, 15) is 9.90 Å². The summed E-state index contributed by atoms with van der Waals surface area (Å²) in [6.07, 6.45) is 3.03. The largest absolute Gasteiger partial charge is 0.394 e. The Labute approximate surface area is 150 Å². The molecule has 1 aromatic rings. The van der Waals surface area contributed by atoms with Crippen LogP contribution >= 0.6 is 0 Å². The molecule has 0 saturated carbocycles. The minimum atomic E-state index is -0.461. The van der Waals surface area contributed by atoms with Gasteiger partial charge in [0.2, 0.25) is 5.91 Å². The Bertz CT molecular complexity index is 584. The molecule has 1 amide bonds. The number of rotatable bonds is 5. The lowest BCUT2D eigenvalue weighted by Gasteiger charge is -2.39. The molecule has 2 saturated heterocycles. The molecular formula is C20H30N2O3. The van der Waals surface area contributed by atoms with Gasteiger partial charge in [-0.3, -0.25) is 9.69 Å². The number of benzene rings is 1. The van der Waals surface area contributed by atoms with E-state index in [1.165, 1.54) is 5.56 Å². The van der Waals surface area contributed by atoms with Gasteiger partial charge in [-0.2, -0.15) is 0 Å². The normalized spacial score (nSPS) is 26.3. The van der Waals surface area contributed by atoms with Gasteiger partial charge in [0.05, 0.1) is 12.1 Å². The second-order valence-corrected chi connectivity index (χ2v) is 8.01. The van der Waals surface area contributed by atoms with Crippen LogP contribution in [0.1, 0.15) is 31.7 Å². The summed E-state index contributed by atoms with van der Waals surface area (Å²) in [6, 6.07) is 10.6. The van der Waals surface area contributed by atoms with Crippen molar-refractivity contribution in [2.75, 3.05) is 40.0 Å². The van der Waals surface area contributed by atoms with Crippen LogP contribution < -0.4 is 0 Å². The molecule has 2 aliphatic rings. The van der Waals surface area contributed by atoms with Gasteiger partial charge in [-0.05, 0) is 50.3 Å². The molecule has 5 nitrogen and oxygen atoms in total. The Morgan fingerprint density at radius 1 is 1.24 bits per heavy atom. The summed E-state index contributed by atoms with van der Waals surface area (Å²) in [5, 5.41) is 9.93. The average Bonchev–Trinajstić information content (AvgIpc) is 2.92. The summed E-state index contributed by atoms with van der Waals surface area (Å²) in [6.45, 7) is 5.92. The molecule has 1 spiro atoms. The third-order valence-corrected chi connectivity index (χ3v) is 5.98. The Morgan fingerprint density at radius 2 is 1.92 bits per heavy atom. The van der Waals surface area contributed by atoms with E-state index in [0.717, 1.165) is 45.4 Å². The number of hydrogen-bond donors (Lipinski definition) is 1. The van der Waals surface area contributed by atoms with Crippen molar-refractivity contribution >= 4 is 5.91 Å². The van der Waals surface area contributed by atoms with Crippen molar-refractivity contribution in [3.8, 4) is 0 Å². The highest BCUT2D eigenvalue weighted by Gasteiger charge is 2.52. The smallest absolute Gasteiger partial charge is 0.249 e. The first kappa shape index (κ1) is 18.4. The van der Waals surface area contributed by atoms with E-state index in [1.807, 2.05) is 11.8 Å². The lowest BCUT2D eigenvalue weighted by molar-refractivity contribution is -0.140. The molecule has 2 heterocycles. The topological polar surface area (TPSA) is 53.0 Å². The third-order valence-electron chi connectivity index (χ3n) is 5.98. The molecule has 2 aliphatic heterocycles. The number of nitrogens with zero attached hydrogens (tertiary/aromatic N) is 2. The average molecular weight is 346 g/mol. The predicted octanol–water partition coefficient (Wildman–Crippen LogP) is 1.90. The zero-order chi connectivity index (χ0) is 17.9. The summed E-state index contributed by atoms with van der Waals surface area (Å²) >= 11 is 0. The lowest BCUT2D eigenvalue weighted by Crippen LogP contribution is -2.49. The summed E-state index contributed by atoms with van der Waals surface area (Å²) in [7, 11) is 1.54. The number of piperidine rings is 1. The monoisotopic (exact) mass is 346 g/mol. The Balaban J connectivity index is 1.63. The van der Waals surface area contributed by atoms with Crippen molar-refractivity contribution in [1.29, 1.82) is 0 Å². The maximum absolute atomic E-state index is 12.4. The number of methoxy groups -OCH3 is 1. The van der Waals surface area contributed by atoms with Crippen LogP contribution in [0.3, 0.4) is 0 Å². The van der Waals surface area contributed by atoms with E-state index in [0.29, 0.717) is 0 Å². The Morgan fingerprint density at radius 3 is 2.52 bits per heavy atom. The van der Waals surface area contributed by atoms with Crippen LogP contribution in [0.25, 0.3) is 0 Å². The summed E-state index contributed by atoms with van der Waals surface area (Å²) in [4.78, 5) is 16.8. The molecule has 138 valence electrons. The highest BCUT2D eigenvalue weighted by atomic mass is 16.5. The highest BCUT2D eigenvalue weighted by Crippen LogP contribution is 2.48. The molecule has 5 heteroatoms. The van der Waals surface area contributed by atoms with Crippen LogP contribution in [0, 0.1) is 5.41 Å². The zero-order valence-corrected chi connectivity index (χ0v) is 15.4. The fraction of sp³-hybridized carbons (Fsp3) is 0.650. The number of likely N-dealkylation sites (tertiary alicyclic amines) is 2. The summed E-state index contributed by atoms with van der Waals surface area (Å²) in [5.74, 6) is -0.0114. The predicted molar refractivity (Wildman–Crippen MR) is 97.1 cm³/mol. The standard InChI is InChI=1S/C20H30N2O3/c1-19(16-23)14-20(15-22(19)18(24)13-25-2)8-10-21(11-9-20)12-17-6-4-3-5-7-17/h3-7,23H,8-16H2,1-2H3/t19-/m1/s1. The van der Waals surface area contributed by atoms with E-state index in [4.69, 9.17) is 4.74 Å². The number of carbonyl (C=O) groups excluding carboxylic acids is 1. The van der Waals surface area contributed by atoms with Gasteiger partial charge in [0.1, 0.15) is 6.61 Å². The van der Waals surface area contributed by atoms with Crippen LogP contribution in [0.15, 0.2) is 30.3 Å². The molecule has 3 rings (SSSR count). The zero-order valence-electron chi connectivity index (χ0n) is 15.4. The molecule has 25 heavy (non-hydrogen) atoms. The number of amides is 1. The van der Waals surface area contributed by atoms with E-state index < -0.39 is 5.54 Å². The van der Waals surface area contributed by atoms with Gasteiger partial charge in [0.15, 0.2) is 0 Å². The fourth-order valence-corrected chi connectivity index (χ4v) is 4.58. The van der Waals surface area contributed by atoms with Crippen molar-refractivity contribution in [1.82, 2.24) is 9.80 Å². The second kappa shape index (κ2) is 7.44. The first-order chi connectivity index (χ1) is 12.0. The minimum absolute atomic E-state index is 0.0114. The summed E-state index contributed by atoms with van der Waals surface area (Å²) < 4.78 is 5.03. The van der Waals surface area contributed by atoms with E-state index in [1.54, 1.807) is 7.11 Å². The Kier molecular flexibility index (Phi) is 5.46. The van der Waals surface area contributed by atoms with E-state index >= 15 is 0 Å². The van der Waals surface area contributed by atoms with Crippen LogP contribution in [-0.2, 0) is 16.1 Å². The summed E-state index contributed by atoms with van der Waals surface area (Å²) in [5.41, 5.74) is 1.02. The van der Waals surface area contributed by atoms with Gasteiger partial charge in [-0.25, -0.2) is 0 Å². The first-order valence-electron chi connectivity index (χ1n) is 9.17. The van der Waals surface area contributed by atoms with Gasteiger partial charge in [0.25, 0.3) is 0 Å². The van der Waals surface area contributed by atoms with Crippen LogP contribution in [0.5, 0.6) is 0 Å². The molecule has 0 bridgehead atoms. The van der Waals surface area contributed by atoms with Crippen LogP contribution in [0.4, 0.5) is 0 Å². The molecule has 1 N–H and O–H groups in total. The molecule has 0 aliphatic carbocycles. The number of hydrogen-bond acceptors (Lipinski definition) is 4. The van der Waals surface area contributed by atoms with Gasteiger partial charge < -0.3 is 14.7 Å². The SMILES string of the molecule is COCC(=O)N1CC2(CCN(Cc3ccccc3)CC2)C[C@]1(C)CO. The molecule has 1 aromatic carbocycles. The molecule has 1 atom stereocenters. The quantitative estimate of drug-likeness (QED) is 0.885. The fourth-order valence-electron chi connectivity index (χ4n) is 4.58.